The smallest absolute Gasteiger partial charge is 0.133 e. The highest BCUT2D eigenvalue weighted by atomic mass is 16.1. The molecule has 0 saturated carbocycles. The molecule has 0 amide bonds. The SMILES string of the molecule is CCCCC(CC=O)C(C)=O. The van der Waals surface area contributed by atoms with E-state index in [-0.39, 0.29) is 11.7 Å². The third-order valence-corrected chi connectivity index (χ3v) is 1.86. The predicted molar refractivity (Wildman–Crippen MR) is 44.4 cm³/mol. The van der Waals surface area contributed by atoms with Gasteiger partial charge in [0.1, 0.15) is 12.1 Å². The van der Waals surface area contributed by atoms with Crippen molar-refractivity contribution in [3.63, 3.8) is 0 Å². The Labute approximate surface area is 68.0 Å². The van der Waals surface area contributed by atoms with Gasteiger partial charge in [-0.1, -0.05) is 19.8 Å². The van der Waals surface area contributed by atoms with Crippen LogP contribution in [0.4, 0.5) is 0 Å². The second-order valence-corrected chi connectivity index (χ2v) is 2.85. The number of aldehydes is 1. The van der Waals surface area contributed by atoms with Crippen molar-refractivity contribution in [1.29, 1.82) is 0 Å². The van der Waals surface area contributed by atoms with E-state index < -0.39 is 0 Å². The van der Waals surface area contributed by atoms with Crippen LogP contribution in [-0.4, -0.2) is 12.1 Å². The molecule has 2 heteroatoms. The maximum atomic E-state index is 10.9. The Balaban J connectivity index is 3.69. The Morgan fingerprint density at radius 2 is 2.18 bits per heavy atom. The Bertz CT molecular complexity index is 130. The highest BCUT2D eigenvalue weighted by Gasteiger charge is 2.11. The summed E-state index contributed by atoms with van der Waals surface area (Å²) in [5.41, 5.74) is 0. The lowest BCUT2D eigenvalue weighted by molar-refractivity contribution is -0.123. The van der Waals surface area contributed by atoms with Crippen molar-refractivity contribution in [3.05, 3.63) is 0 Å². The van der Waals surface area contributed by atoms with Crippen LogP contribution in [0.3, 0.4) is 0 Å². The van der Waals surface area contributed by atoms with E-state index in [1.54, 1.807) is 6.92 Å². The third kappa shape index (κ3) is 4.71. The van der Waals surface area contributed by atoms with Crippen molar-refractivity contribution in [2.45, 2.75) is 39.5 Å². The van der Waals surface area contributed by atoms with Crippen LogP contribution in [0.15, 0.2) is 0 Å². The summed E-state index contributed by atoms with van der Waals surface area (Å²) in [7, 11) is 0. The normalized spacial score (nSPS) is 12.5. The molecular formula is C9H16O2. The van der Waals surface area contributed by atoms with Crippen LogP contribution < -0.4 is 0 Å². The van der Waals surface area contributed by atoms with Crippen molar-refractivity contribution in [3.8, 4) is 0 Å². The maximum Gasteiger partial charge on any atom is 0.133 e. The van der Waals surface area contributed by atoms with E-state index in [1.165, 1.54) is 0 Å². The Hall–Kier alpha value is -0.660. The van der Waals surface area contributed by atoms with Crippen molar-refractivity contribution in [1.82, 2.24) is 0 Å². The number of ketones is 1. The molecule has 2 nitrogen and oxygen atoms in total. The van der Waals surface area contributed by atoms with Gasteiger partial charge in [-0.15, -0.1) is 0 Å². The molecular weight excluding hydrogens is 140 g/mol. The molecule has 0 fully saturated rings. The van der Waals surface area contributed by atoms with Gasteiger partial charge in [0.2, 0.25) is 0 Å². The minimum absolute atomic E-state index is 0.0209. The molecule has 0 radical (unpaired) electrons. The standard InChI is InChI=1S/C9H16O2/c1-3-4-5-9(6-7-10)8(2)11/h7,9H,3-6H2,1-2H3. The van der Waals surface area contributed by atoms with E-state index in [2.05, 4.69) is 6.92 Å². The van der Waals surface area contributed by atoms with Crippen LogP contribution in [0.2, 0.25) is 0 Å². The summed E-state index contributed by atoms with van der Waals surface area (Å²) >= 11 is 0. The zero-order chi connectivity index (χ0) is 8.69. The summed E-state index contributed by atoms with van der Waals surface area (Å²) in [6.07, 6.45) is 4.22. The van der Waals surface area contributed by atoms with Crippen LogP contribution in [0.25, 0.3) is 0 Å². The average molecular weight is 156 g/mol. The summed E-state index contributed by atoms with van der Waals surface area (Å²) in [5, 5.41) is 0. The first-order chi connectivity index (χ1) is 5.22. The molecule has 1 atom stereocenters. The second kappa shape index (κ2) is 6.08. The first kappa shape index (κ1) is 10.3. The molecule has 0 rings (SSSR count). The summed E-state index contributed by atoms with van der Waals surface area (Å²) in [4.78, 5) is 21.0. The van der Waals surface area contributed by atoms with E-state index >= 15 is 0 Å². The summed E-state index contributed by atoms with van der Waals surface area (Å²) in [5.74, 6) is 0.123. The monoisotopic (exact) mass is 156 g/mol. The van der Waals surface area contributed by atoms with Gasteiger partial charge in [0.05, 0.1) is 0 Å². The highest BCUT2D eigenvalue weighted by Crippen LogP contribution is 2.12. The third-order valence-electron chi connectivity index (χ3n) is 1.86. The molecule has 0 aliphatic rings. The average Bonchev–Trinajstić information content (AvgIpc) is 1.97. The fraction of sp³-hybridized carbons (Fsp3) is 0.778. The maximum absolute atomic E-state index is 10.9. The largest absolute Gasteiger partial charge is 0.303 e. The van der Waals surface area contributed by atoms with Gasteiger partial charge in [-0.25, -0.2) is 0 Å². The van der Waals surface area contributed by atoms with Crippen molar-refractivity contribution >= 4 is 12.1 Å². The molecule has 0 aliphatic carbocycles. The molecule has 0 saturated heterocycles. The van der Waals surface area contributed by atoms with Crippen LogP contribution in [0.5, 0.6) is 0 Å². The molecule has 0 aromatic heterocycles. The number of hydrogen-bond donors (Lipinski definition) is 0. The lowest BCUT2D eigenvalue weighted by Crippen LogP contribution is -2.11. The van der Waals surface area contributed by atoms with Gasteiger partial charge in [-0.2, -0.15) is 0 Å². The summed E-state index contributed by atoms with van der Waals surface area (Å²) < 4.78 is 0. The van der Waals surface area contributed by atoms with E-state index in [1.807, 2.05) is 0 Å². The van der Waals surface area contributed by atoms with Gasteiger partial charge >= 0.3 is 0 Å². The summed E-state index contributed by atoms with van der Waals surface area (Å²) in [6, 6.07) is 0. The van der Waals surface area contributed by atoms with Crippen LogP contribution in [-0.2, 0) is 9.59 Å². The molecule has 0 N–H and O–H groups in total. The fourth-order valence-electron chi connectivity index (χ4n) is 1.05. The van der Waals surface area contributed by atoms with E-state index in [9.17, 15) is 9.59 Å². The number of hydrogen-bond acceptors (Lipinski definition) is 2. The van der Waals surface area contributed by atoms with Gasteiger partial charge < -0.3 is 4.79 Å². The first-order valence-electron chi connectivity index (χ1n) is 4.16. The number of Topliss-reactive ketones (excluding diaryl/α,β-unsaturated/α-hetero) is 1. The molecule has 11 heavy (non-hydrogen) atoms. The Kier molecular flexibility index (Phi) is 5.71. The van der Waals surface area contributed by atoms with Crippen LogP contribution in [0.1, 0.15) is 39.5 Å². The highest BCUT2D eigenvalue weighted by molar-refractivity contribution is 5.80. The van der Waals surface area contributed by atoms with Crippen LogP contribution in [0, 0.1) is 5.92 Å². The van der Waals surface area contributed by atoms with E-state index in [0.29, 0.717) is 6.42 Å². The quantitative estimate of drug-likeness (QED) is 0.551. The zero-order valence-electron chi connectivity index (χ0n) is 7.30. The molecule has 0 aliphatic heterocycles. The number of unbranched alkanes of at least 4 members (excludes halogenated alkanes) is 1. The predicted octanol–water partition coefficient (Wildman–Crippen LogP) is 1.97. The second-order valence-electron chi connectivity index (χ2n) is 2.85. The van der Waals surface area contributed by atoms with Crippen LogP contribution >= 0.6 is 0 Å². The fourth-order valence-corrected chi connectivity index (χ4v) is 1.05. The minimum Gasteiger partial charge on any atom is -0.303 e. The van der Waals surface area contributed by atoms with Gasteiger partial charge in [0.15, 0.2) is 0 Å². The topological polar surface area (TPSA) is 34.1 Å². The Morgan fingerprint density at radius 3 is 2.55 bits per heavy atom. The van der Waals surface area contributed by atoms with Crippen molar-refractivity contribution in [2.75, 3.05) is 0 Å². The van der Waals surface area contributed by atoms with Crippen molar-refractivity contribution < 1.29 is 9.59 Å². The molecule has 0 heterocycles. The molecule has 0 aromatic rings. The molecule has 1 unspecified atom stereocenters. The van der Waals surface area contributed by atoms with E-state index in [0.717, 1.165) is 25.5 Å². The summed E-state index contributed by atoms with van der Waals surface area (Å²) in [6.45, 7) is 3.64. The number of rotatable bonds is 6. The van der Waals surface area contributed by atoms with Gasteiger partial charge in [0.25, 0.3) is 0 Å². The van der Waals surface area contributed by atoms with Gasteiger partial charge in [-0.3, -0.25) is 4.79 Å². The molecule has 0 aromatic carbocycles. The van der Waals surface area contributed by atoms with Crippen molar-refractivity contribution in [2.24, 2.45) is 5.92 Å². The van der Waals surface area contributed by atoms with E-state index in [4.69, 9.17) is 0 Å². The van der Waals surface area contributed by atoms with Gasteiger partial charge in [0, 0.05) is 12.3 Å². The minimum atomic E-state index is -0.0209. The molecule has 64 valence electrons. The first-order valence-corrected chi connectivity index (χ1v) is 4.16. The zero-order valence-corrected chi connectivity index (χ0v) is 7.30. The lowest BCUT2D eigenvalue weighted by Gasteiger charge is -2.07. The molecule has 0 spiro atoms. The lowest BCUT2D eigenvalue weighted by atomic mass is 9.96. The van der Waals surface area contributed by atoms with Gasteiger partial charge in [-0.05, 0) is 13.3 Å². The Morgan fingerprint density at radius 1 is 1.55 bits per heavy atom. The number of carbonyl (C=O) groups is 2. The number of carbonyl (C=O) groups excluding carboxylic acids is 2. The molecule has 0 bridgehead atoms.